The number of fused-ring (bicyclic) bond motifs is 2. The number of aryl methyl sites for hydroxylation is 2. The highest BCUT2D eigenvalue weighted by molar-refractivity contribution is 5.83. The van der Waals surface area contributed by atoms with Crippen LogP contribution in [0.1, 0.15) is 30.5 Å². The summed E-state index contributed by atoms with van der Waals surface area (Å²) in [6.45, 7) is 2.30. The molecule has 0 unspecified atom stereocenters. The third-order valence-electron chi connectivity index (χ3n) is 6.48. The zero-order valence-electron chi connectivity index (χ0n) is 16.6. The van der Waals surface area contributed by atoms with Crippen molar-refractivity contribution < 1.29 is 0 Å². The van der Waals surface area contributed by atoms with E-state index >= 15 is 0 Å². The van der Waals surface area contributed by atoms with Gasteiger partial charge in [0.25, 0.3) is 0 Å². The summed E-state index contributed by atoms with van der Waals surface area (Å²) < 4.78 is 2.37. The third kappa shape index (κ3) is 3.33. The third-order valence-corrected chi connectivity index (χ3v) is 6.48. The SMILES string of the molecule is Cn1c(CC[C@@H]2CCCN2Cc2ccc3ccccc3c2)cc2ccccc21. The van der Waals surface area contributed by atoms with Crippen LogP contribution in [0.3, 0.4) is 0 Å². The predicted molar refractivity (Wildman–Crippen MR) is 119 cm³/mol. The van der Waals surface area contributed by atoms with Crippen molar-refractivity contribution in [2.45, 2.75) is 38.3 Å². The van der Waals surface area contributed by atoms with Crippen molar-refractivity contribution >= 4 is 21.7 Å². The second kappa shape index (κ2) is 7.44. The van der Waals surface area contributed by atoms with E-state index in [0.717, 1.165) is 13.0 Å². The van der Waals surface area contributed by atoms with E-state index in [1.807, 2.05) is 0 Å². The number of likely N-dealkylation sites (tertiary alicyclic amines) is 1. The lowest BCUT2D eigenvalue weighted by Gasteiger charge is -2.25. The lowest BCUT2D eigenvalue weighted by molar-refractivity contribution is 0.234. The molecule has 1 aromatic heterocycles. The number of nitrogens with zero attached hydrogens (tertiary/aromatic N) is 2. The normalized spacial score (nSPS) is 17.7. The molecule has 1 aliphatic rings. The Morgan fingerprint density at radius 3 is 2.50 bits per heavy atom. The fourth-order valence-corrected chi connectivity index (χ4v) is 4.90. The minimum Gasteiger partial charge on any atom is -0.348 e. The topological polar surface area (TPSA) is 8.17 Å². The zero-order chi connectivity index (χ0) is 18.9. The van der Waals surface area contributed by atoms with Crippen molar-refractivity contribution in [3.8, 4) is 0 Å². The molecule has 1 fully saturated rings. The van der Waals surface area contributed by atoms with Crippen LogP contribution in [0.5, 0.6) is 0 Å². The van der Waals surface area contributed by atoms with Crippen LogP contribution in [0.15, 0.2) is 72.8 Å². The molecule has 0 aliphatic carbocycles. The molecule has 2 heterocycles. The quantitative estimate of drug-likeness (QED) is 0.424. The minimum atomic E-state index is 0.699. The van der Waals surface area contributed by atoms with Gasteiger partial charge in [-0.1, -0.05) is 54.6 Å². The van der Waals surface area contributed by atoms with Gasteiger partial charge >= 0.3 is 0 Å². The molecule has 1 saturated heterocycles. The van der Waals surface area contributed by atoms with Crippen LogP contribution in [-0.4, -0.2) is 22.1 Å². The Morgan fingerprint density at radius 1 is 0.857 bits per heavy atom. The molecule has 0 N–H and O–H groups in total. The summed E-state index contributed by atoms with van der Waals surface area (Å²) in [5, 5.41) is 4.05. The van der Waals surface area contributed by atoms with Crippen LogP contribution in [0.4, 0.5) is 0 Å². The molecule has 4 aromatic rings. The summed E-state index contributed by atoms with van der Waals surface area (Å²) in [5.41, 5.74) is 4.24. The van der Waals surface area contributed by atoms with Gasteiger partial charge in [-0.05, 0) is 72.1 Å². The highest BCUT2D eigenvalue weighted by Gasteiger charge is 2.24. The summed E-state index contributed by atoms with van der Waals surface area (Å²) in [6, 6.07) is 27.4. The van der Waals surface area contributed by atoms with Gasteiger partial charge in [-0.3, -0.25) is 4.90 Å². The van der Waals surface area contributed by atoms with Crippen LogP contribution >= 0.6 is 0 Å². The predicted octanol–water partition coefficient (Wildman–Crippen LogP) is 5.93. The first-order valence-corrected chi connectivity index (χ1v) is 10.5. The van der Waals surface area contributed by atoms with Gasteiger partial charge in [0.05, 0.1) is 0 Å². The fraction of sp³-hybridized carbons (Fsp3) is 0.308. The number of rotatable bonds is 5. The molecule has 3 aromatic carbocycles. The van der Waals surface area contributed by atoms with Crippen molar-refractivity contribution in [1.82, 2.24) is 9.47 Å². The summed E-state index contributed by atoms with van der Waals surface area (Å²) in [6.07, 6.45) is 5.06. The van der Waals surface area contributed by atoms with Gasteiger partial charge in [0.1, 0.15) is 0 Å². The second-order valence-electron chi connectivity index (χ2n) is 8.24. The van der Waals surface area contributed by atoms with Crippen LogP contribution in [-0.2, 0) is 20.0 Å². The standard InChI is InChI=1S/C26H28N2/c1-27-25(18-23-9-4-5-11-26(23)27)15-14-24-10-6-16-28(24)19-20-12-13-21-7-2-3-8-22(21)17-20/h2-5,7-9,11-13,17-18,24H,6,10,14-16,19H2,1H3/t24-/m0/s1. The van der Waals surface area contributed by atoms with Gasteiger partial charge < -0.3 is 4.57 Å². The number of hydrogen-bond acceptors (Lipinski definition) is 1. The van der Waals surface area contributed by atoms with Gasteiger partial charge in [0.2, 0.25) is 0 Å². The number of benzene rings is 3. The van der Waals surface area contributed by atoms with Gasteiger partial charge in [0, 0.05) is 30.8 Å². The number of para-hydroxylation sites is 1. The van der Waals surface area contributed by atoms with Gasteiger partial charge in [-0.15, -0.1) is 0 Å². The molecule has 1 atom stereocenters. The Hall–Kier alpha value is -2.58. The fourth-order valence-electron chi connectivity index (χ4n) is 4.90. The average molecular weight is 369 g/mol. The van der Waals surface area contributed by atoms with Crippen LogP contribution in [0, 0.1) is 0 Å². The Kier molecular flexibility index (Phi) is 4.66. The van der Waals surface area contributed by atoms with Gasteiger partial charge in [0.15, 0.2) is 0 Å². The summed E-state index contributed by atoms with van der Waals surface area (Å²) in [4.78, 5) is 2.70. The largest absolute Gasteiger partial charge is 0.348 e. The first kappa shape index (κ1) is 17.5. The lowest BCUT2D eigenvalue weighted by Crippen LogP contribution is -2.29. The van der Waals surface area contributed by atoms with Crippen molar-refractivity contribution in [2.75, 3.05) is 6.54 Å². The maximum Gasteiger partial charge on any atom is 0.0479 e. The molecule has 0 amide bonds. The van der Waals surface area contributed by atoms with E-state index in [4.69, 9.17) is 0 Å². The van der Waals surface area contributed by atoms with E-state index in [1.165, 1.54) is 58.7 Å². The van der Waals surface area contributed by atoms with Crippen LogP contribution in [0.2, 0.25) is 0 Å². The van der Waals surface area contributed by atoms with Crippen molar-refractivity contribution in [2.24, 2.45) is 7.05 Å². The lowest BCUT2D eigenvalue weighted by atomic mass is 10.0. The molecular formula is C26H28N2. The smallest absolute Gasteiger partial charge is 0.0479 e. The average Bonchev–Trinajstić information content (AvgIpc) is 3.30. The van der Waals surface area contributed by atoms with Crippen LogP contribution in [0.25, 0.3) is 21.7 Å². The van der Waals surface area contributed by atoms with E-state index in [0.29, 0.717) is 6.04 Å². The molecule has 5 rings (SSSR count). The summed E-state index contributed by atoms with van der Waals surface area (Å²) in [5.74, 6) is 0. The Balaban J connectivity index is 1.28. The van der Waals surface area contributed by atoms with E-state index in [1.54, 1.807) is 0 Å². The molecule has 0 radical (unpaired) electrons. The zero-order valence-corrected chi connectivity index (χ0v) is 16.6. The maximum atomic E-state index is 2.70. The Labute approximate surface area is 167 Å². The second-order valence-corrected chi connectivity index (χ2v) is 8.24. The number of hydrogen-bond donors (Lipinski definition) is 0. The molecule has 0 spiro atoms. The van der Waals surface area contributed by atoms with E-state index < -0.39 is 0 Å². The van der Waals surface area contributed by atoms with E-state index in [-0.39, 0.29) is 0 Å². The first-order valence-electron chi connectivity index (χ1n) is 10.5. The molecule has 2 heteroatoms. The first-order chi connectivity index (χ1) is 13.8. The molecule has 2 nitrogen and oxygen atoms in total. The monoisotopic (exact) mass is 368 g/mol. The highest BCUT2D eigenvalue weighted by atomic mass is 15.2. The van der Waals surface area contributed by atoms with Crippen molar-refractivity contribution in [3.05, 3.63) is 84.1 Å². The van der Waals surface area contributed by atoms with Gasteiger partial charge in [-0.2, -0.15) is 0 Å². The van der Waals surface area contributed by atoms with Crippen molar-refractivity contribution in [3.63, 3.8) is 0 Å². The minimum absolute atomic E-state index is 0.699. The number of aromatic nitrogens is 1. The Bertz CT molecular complexity index is 1110. The maximum absolute atomic E-state index is 2.70. The molecular weight excluding hydrogens is 340 g/mol. The van der Waals surface area contributed by atoms with Gasteiger partial charge in [-0.25, -0.2) is 0 Å². The van der Waals surface area contributed by atoms with E-state index in [9.17, 15) is 0 Å². The highest BCUT2D eigenvalue weighted by Crippen LogP contribution is 2.27. The molecule has 142 valence electrons. The van der Waals surface area contributed by atoms with Crippen molar-refractivity contribution in [1.29, 1.82) is 0 Å². The molecule has 28 heavy (non-hydrogen) atoms. The van der Waals surface area contributed by atoms with E-state index in [2.05, 4.69) is 89.3 Å². The van der Waals surface area contributed by atoms with Crippen LogP contribution < -0.4 is 0 Å². The summed E-state index contributed by atoms with van der Waals surface area (Å²) >= 11 is 0. The Morgan fingerprint density at radius 2 is 1.64 bits per heavy atom. The molecule has 1 aliphatic heterocycles. The molecule has 0 saturated carbocycles. The molecule has 0 bridgehead atoms. The summed E-state index contributed by atoms with van der Waals surface area (Å²) in [7, 11) is 2.21.